The van der Waals surface area contributed by atoms with Crippen LogP contribution in [0.5, 0.6) is 0 Å². The molecule has 0 saturated carbocycles. The molecule has 0 aliphatic rings. The zero-order valence-corrected chi connectivity index (χ0v) is 8.23. The number of aromatic nitrogens is 1. The van der Waals surface area contributed by atoms with E-state index in [1.807, 2.05) is 0 Å². The van der Waals surface area contributed by atoms with Crippen molar-refractivity contribution in [2.75, 3.05) is 5.73 Å². The first kappa shape index (κ1) is 9.71. The van der Waals surface area contributed by atoms with Crippen molar-refractivity contribution in [1.29, 1.82) is 0 Å². The van der Waals surface area contributed by atoms with E-state index in [2.05, 4.69) is 20.9 Å². The Morgan fingerprint density at radius 1 is 1.50 bits per heavy atom. The van der Waals surface area contributed by atoms with Crippen LogP contribution >= 0.6 is 32.9 Å². The molecule has 10 heavy (non-hydrogen) atoms. The lowest BCUT2D eigenvalue weighted by molar-refractivity contribution is 1.20. The number of anilines is 1. The molecule has 0 aliphatic carbocycles. The number of nitrogen functional groups attached to an aromatic ring is 1. The average molecular weight is 270 g/mol. The summed E-state index contributed by atoms with van der Waals surface area (Å²) in [4.78, 5) is 13.1. The molecule has 0 unspecified atom stereocenters. The van der Waals surface area contributed by atoms with E-state index in [-0.39, 0.29) is 28.2 Å². The number of nitrogens with one attached hydrogen (secondary N) is 1. The SMILES string of the molecule is Br.Nc1ccc(Br)[nH]c1=O. The van der Waals surface area contributed by atoms with E-state index in [1.54, 1.807) is 12.1 Å². The van der Waals surface area contributed by atoms with Crippen LogP contribution < -0.4 is 11.3 Å². The summed E-state index contributed by atoms with van der Waals surface area (Å²) in [5.41, 5.74) is 5.20. The Balaban J connectivity index is 0.000000810. The average Bonchev–Trinajstić information content (AvgIpc) is 1.80. The van der Waals surface area contributed by atoms with Crippen LogP contribution in [-0.4, -0.2) is 4.98 Å². The lowest BCUT2D eigenvalue weighted by Gasteiger charge is -1.89. The van der Waals surface area contributed by atoms with Crippen molar-refractivity contribution in [3.05, 3.63) is 27.1 Å². The van der Waals surface area contributed by atoms with Crippen molar-refractivity contribution in [3.8, 4) is 0 Å². The van der Waals surface area contributed by atoms with Crippen molar-refractivity contribution in [2.24, 2.45) is 0 Å². The molecule has 1 heterocycles. The molecular weight excluding hydrogens is 264 g/mol. The van der Waals surface area contributed by atoms with Crippen LogP contribution in [-0.2, 0) is 0 Å². The first-order valence-electron chi connectivity index (χ1n) is 2.34. The van der Waals surface area contributed by atoms with Gasteiger partial charge in [-0.05, 0) is 28.1 Å². The fourth-order valence-corrected chi connectivity index (χ4v) is 0.773. The molecule has 0 bridgehead atoms. The second-order valence-electron chi connectivity index (χ2n) is 1.59. The van der Waals surface area contributed by atoms with Crippen LogP contribution in [0.1, 0.15) is 0 Å². The van der Waals surface area contributed by atoms with Crippen molar-refractivity contribution < 1.29 is 0 Å². The fourth-order valence-electron chi connectivity index (χ4n) is 0.461. The number of rotatable bonds is 0. The summed E-state index contributed by atoms with van der Waals surface area (Å²) in [5.74, 6) is 0. The van der Waals surface area contributed by atoms with Crippen LogP contribution in [0.3, 0.4) is 0 Å². The molecular formula is C5H6Br2N2O. The zero-order chi connectivity index (χ0) is 6.85. The van der Waals surface area contributed by atoms with Crippen LogP contribution in [0.2, 0.25) is 0 Å². The number of aromatic amines is 1. The number of nitrogens with two attached hydrogens (primary N) is 1. The van der Waals surface area contributed by atoms with E-state index in [9.17, 15) is 4.79 Å². The van der Waals surface area contributed by atoms with E-state index in [0.717, 1.165) is 0 Å². The van der Waals surface area contributed by atoms with Gasteiger partial charge in [0.05, 0.1) is 10.3 Å². The van der Waals surface area contributed by atoms with Gasteiger partial charge in [0, 0.05) is 0 Å². The Hall–Kier alpha value is -0.290. The van der Waals surface area contributed by atoms with Gasteiger partial charge in [0.2, 0.25) is 0 Å². The smallest absolute Gasteiger partial charge is 0.271 e. The molecule has 0 atom stereocenters. The maximum Gasteiger partial charge on any atom is 0.271 e. The first-order valence-corrected chi connectivity index (χ1v) is 3.14. The van der Waals surface area contributed by atoms with E-state index < -0.39 is 0 Å². The normalized spacial score (nSPS) is 8.50. The Morgan fingerprint density at radius 3 is 2.50 bits per heavy atom. The van der Waals surface area contributed by atoms with Gasteiger partial charge in [0.25, 0.3) is 5.56 Å². The number of halogens is 2. The molecule has 0 radical (unpaired) electrons. The summed E-state index contributed by atoms with van der Waals surface area (Å²) in [6, 6.07) is 3.22. The number of hydrogen-bond acceptors (Lipinski definition) is 2. The quantitative estimate of drug-likeness (QED) is 0.698. The summed E-state index contributed by atoms with van der Waals surface area (Å²) in [6.07, 6.45) is 0. The topological polar surface area (TPSA) is 58.9 Å². The first-order chi connectivity index (χ1) is 4.20. The highest BCUT2D eigenvalue weighted by Crippen LogP contribution is 2.02. The van der Waals surface area contributed by atoms with Gasteiger partial charge in [-0.25, -0.2) is 0 Å². The van der Waals surface area contributed by atoms with E-state index >= 15 is 0 Å². The van der Waals surface area contributed by atoms with Gasteiger partial charge in [0.1, 0.15) is 0 Å². The number of H-pyrrole nitrogens is 1. The zero-order valence-electron chi connectivity index (χ0n) is 4.93. The number of hydrogen-bond donors (Lipinski definition) is 2. The van der Waals surface area contributed by atoms with Gasteiger partial charge in [-0.3, -0.25) is 4.79 Å². The lowest BCUT2D eigenvalue weighted by atomic mass is 10.4. The summed E-state index contributed by atoms with van der Waals surface area (Å²) in [7, 11) is 0. The molecule has 0 aromatic carbocycles. The molecule has 1 rings (SSSR count). The predicted molar refractivity (Wildman–Crippen MR) is 49.5 cm³/mol. The summed E-state index contributed by atoms with van der Waals surface area (Å²) in [6.45, 7) is 0. The van der Waals surface area contributed by atoms with Crippen molar-refractivity contribution in [2.45, 2.75) is 0 Å². The Bertz CT molecular complexity index is 271. The molecule has 56 valence electrons. The molecule has 1 aromatic rings. The summed E-state index contributed by atoms with van der Waals surface area (Å²) >= 11 is 3.09. The van der Waals surface area contributed by atoms with Gasteiger partial charge in [0.15, 0.2) is 0 Å². The van der Waals surface area contributed by atoms with Crippen molar-refractivity contribution in [1.82, 2.24) is 4.98 Å². The third-order valence-corrected chi connectivity index (χ3v) is 1.37. The molecule has 5 heteroatoms. The second kappa shape index (κ2) is 3.78. The molecule has 1 aromatic heterocycles. The molecule has 0 spiro atoms. The van der Waals surface area contributed by atoms with Gasteiger partial charge in [-0.1, -0.05) is 0 Å². The predicted octanol–water partition coefficient (Wildman–Crippen LogP) is 1.30. The Kier molecular flexibility index (Phi) is 3.67. The van der Waals surface area contributed by atoms with E-state index in [1.165, 1.54) is 0 Å². The molecule has 0 saturated heterocycles. The second-order valence-corrected chi connectivity index (χ2v) is 2.45. The highest BCUT2D eigenvalue weighted by atomic mass is 79.9. The van der Waals surface area contributed by atoms with Crippen LogP contribution in [0, 0.1) is 0 Å². The van der Waals surface area contributed by atoms with E-state index in [0.29, 0.717) is 4.60 Å². The highest BCUT2D eigenvalue weighted by Gasteiger charge is 1.90. The monoisotopic (exact) mass is 268 g/mol. The maximum atomic E-state index is 10.6. The van der Waals surface area contributed by atoms with Crippen molar-refractivity contribution >= 4 is 38.6 Å². The van der Waals surface area contributed by atoms with Crippen LogP contribution in [0.15, 0.2) is 21.5 Å². The van der Waals surface area contributed by atoms with Crippen LogP contribution in [0.25, 0.3) is 0 Å². The molecule has 0 aliphatic heterocycles. The third kappa shape index (κ3) is 2.15. The van der Waals surface area contributed by atoms with Gasteiger partial charge >= 0.3 is 0 Å². The Labute approximate surface area is 76.5 Å². The standard InChI is InChI=1S/C5H5BrN2O.BrH/c6-4-2-1-3(7)5(9)8-4;/h1-2H,7H2,(H,8,9);1H. The van der Waals surface area contributed by atoms with Crippen molar-refractivity contribution in [3.63, 3.8) is 0 Å². The molecule has 0 fully saturated rings. The maximum absolute atomic E-state index is 10.6. The molecule has 3 N–H and O–H groups in total. The minimum atomic E-state index is -0.260. The van der Waals surface area contributed by atoms with E-state index in [4.69, 9.17) is 5.73 Å². The minimum absolute atomic E-state index is 0. The summed E-state index contributed by atoms with van der Waals surface area (Å²) < 4.78 is 0.640. The fraction of sp³-hybridized carbons (Fsp3) is 0. The summed E-state index contributed by atoms with van der Waals surface area (Å²) in [5, 5.41) is 0. The van der Waals surface area contributed by atoms with Gasteiger partial charge in [-0.15, -0.1) is 17.0 Å². The lowest BCUT2D eigenvalue weighted by Crippen LogP contribution is -2.10. The molecule has 3 nitrogen and oxygen atoms in total. The van der Waals surface area contributed by atoms with Gasteiger partial charge < -0.3 is 10.7 Å². The highest BCUT2D eigenvalue weighted by molar-refractivity contribution is 9.10. The minimum Gasteiger partial charge on any atom is -0.394 e. The number of pyridine rings is 1. The molecule has 0 amide bonds. The van der Waals surface area contributed by atoms with Crippen LogP contribution in [0.4, 0.5) is 5.69 Å². The third-order valence-electron chi connectivity index (χ3n) is 0.904. The largest absolute Gasteiger partial charge is 0.394 e. The Morgan fingerprint density at radius 2 is 2.10 bits per heavy atom. The van der Waals surface area contributed by atoms with Gasteiger partial charge in [-0.2, -0.15) is 0 Å².